The van der Waals surface area contributed by atoms with Crippen LogP contribution in [0.4, 0.5) is 5.13 Å². The lowest BCUT2D eigenvalue weighted by Gasteiger charge is -2.13. The standard InChI is InChI=1S/C15H20N4OS2/c1-11(8-9-12-6-4-3-5-7-12)17-13(20)10-21-15-19-18-14(16-2)22-15/h3-7,11H,8-10H2,1-2H3,(H,16,18)(H,17,20)/t11-/m0/s1. The minimum atomic E-state index is 0.0340. The fourth-order valence-electron chi connectivity index (χ4n) is 1.91. The highest BCUT2D eigenvalue weighted by Gasteiger charge is 2.10. The van der Waals surface area contributed by atoms with Crippen molar-refractivity contribution >= 4 is 34.1 Å². The van der Waals surface area contributed by atoms with Crippen molar-refractivity contribution in [2.75, 3.05) is 18.1 Å². The van der Waals surface area contributed by atoms with Crippen LogP contribution in [0.1, 0.15) is 18.9 Å². The molecule has 2 rings (SSSR count). The molecule has 0 aliphatic rings. The van der Waals surface area contributed by atoms with Gasteiger partial charge in [0.25, 0.3) is 0 Å². The van der Waals surface area contributed by atoms with E-state index in [1.54, 1.807) is 7.05 Å². The Bertz CT molecular complexity index is 588. The van der Waals surface area contributed by atoms with E-state index in [0.29, 0.717) is 5.75 Å². The minimum absolute atomic E-state index is 0.0340. The number of hydrogen-bond donors (Lipinski definition) is 2. The summed E-state index contributed by atoms with van der Waals surface area (Å²) >= 11 is 2.86. The predicted octanol–water partition coefficient (Wildman–Crippen LogP) is 2.81. The summed E-state index contributed by atoms with van der Waals surface area (Å²) in [5.41, 5.74) is 1.30. The summed E-state index contributed by atoms with van der Waals surface area (Å²) in [4.78, 5) is 11.9. The molecule has 0 fully saturated rings. The molecular formula is C15H20N4OS2. The normalized spacial score (nSPS) is 11.9. The van der Waals surface area contributed by atoms with Crippen molar-refractivity contribution < 1.29 is 4.79 Å². The van der Waals surface area contributed by atoms with Crippen LogP contribution in [0, 0.1) is 0 Å². The predicted molar refractivity (Wildman–Crippen MR) is 92.5 cm³/mol. The number of amides is 1. The molecule has 22 heavy (non-hydrogen) atoms. The van der Waals surface area contributed by atoms with Gasteiger partial charge in [0.2, 0.25) is 11.0 Å². The van der Waals surface area contributed by atoms with Crippen LogP contribution in [0.25, 0.3) is 0 Å². The number of carbonyl (C=O) groups is 1. The van der Waals surface area contributed by atoms with Crippen molar-refractivity contribution in [3.63, 3.8) is 0 Å². The fourth-order valence-corrected chi connectivity index (χ4v) is 3.43. The monoisotopic (exact) mass is 336 g/mol. The molecule has 0 radical (unpaired) electrons. The van der Waals surface area contributed by atoms with Gasteiger partial charge in [0, 0.05) is 13.1 Å². The van der Waals surface area contributed by atoms with Crippen molar-refractivity contribution in [2.45, 2.75) is 30.1 Å². The Hall–Kier alpha value is -1.60. The molecule has 0 aliphatic carbocycles. The van der Waals surface area contributed by atoms with Crippen LogP contribution < -0.4 is 10.6 Å². The number of thioether (sulfide) groups is 1. The van der Waals surface area contributed by atoms with E-state index < -0.39 is 0 Å². The number of nitrogens with zero attached hydrogens (tertiary/aromatic N) is 2. The molecule has 0 unspecified atom stereocenters. The first-order valence-electron chi connectivity index (χ1n) is 7.14. The third-order valence-corrected chi connectivity index (χ3v) is 5.14. The first kappa shape index (κ1) is 16.8. The minimum Gasteiger partial charge on any atom is -0.363 e. The lowest BCUT2D eigenvalue weighted by molar-refractivity contribution is -0.119. The number of aromatic nitrogens is 2. The van der Waals surface area contributed by atoms with Gasteiger partial charge in [-0.3, -0.25) is 4.79 Å². The lowest BCUT2D eigenvalue weighted by atomic mass is 10.1. The van der Waals surface area contributed by atoms with Crippen molar-refractivity contribution in [2.24, 2.45) is 0 Å². The fraction of sp³-hybridized carbons (Fsp3) is 0.400. The van der Waals surface area contributed by atoms with Crippen molar-refractivity contribution in [1.82, 2.24) is 15.5 Å². The zero-order valence-electron chi connectivity index (χ0n) is 12.7. The number of carbonyl (C=O) groups excluding carboxylic acids is 1. The van der Waals surface area contributed by atoms with Gasteiger partial charge in [-0.2, -0.15) is 0 Å². The highest BCUT2D eigenvalue weighted by molar-refractivity contribution is 8.01. The average Bonchev–Trinajstić information content (AvgIpc) is 3.00. The van der Waals surface area contributed by atoms with Gasteiger partial charge in [0.1, 0.15) is 0 Å². The van der Waals surface area contributed by atoms with Crippen molar-refractivity contribution in [3.05, 3.63) is 35.9 Å². The Labute approximate surface area is 138 Å². The number of hydrogen-bond acceptors (Lipinski definition) is 6. The number of aryl methyl sites for hydroxylation is 1. The van der Waals surface area contributed by atoms with Crippen LogP contribution in [0.5, 0.6) is 0 Å². The van der Waals surface area contributed by atoms with Gasteiger partial charge in [-0.1, -0.05) is 53.4 Å². The van der Waals surface area contributed by atoms with E-state index in [1.807, 2.05) is 25.1 Å². The van der Waals surface area contributed by atoms with Crippen LogP contribution >= 0.6 is 23.1 Å². The summed E-state index contributed by atoms with van der Waals surface area (Å²) in [5, 5.41) is 14.7. The zero-order valence-corrected chi connectivity index (χ0v) is 14.3. The molecule has 7 heteroatoms. The van der Waals surface area contributed by atoms with E-state index >= 15 is 0 Å². The van der Waals surface area contributed by atoms with E-state index in [0.717, 1.165) is 22.3 Å². The highest BCUT2D eigenvalue weighted by atomic mass is 32.2. The number of nitrogens with one attached hydrogen (secondary N) is 2. The second kappa shape index (κ2) is 8.75. The molecule has 0 aliphatic heterocycles. The molecule has 118 valence electrons. The van der Waals surface area contributed by atoms with Crippen LogP contribution in [-0.4, -0.2) is 34.9 Å². The van der Waals surface area contributed by atoms with Gasteiger partial charge in [0.15, 0.2) is 4.34 Å². The third kappa shape index (κ3) is 5.65. The second-order valence-electron chi connectivity index (χ2n) is 4.90. The Kier molecular flexibility index (Phi) is 6.67. The first-order valence-corrected chi connectivity index (χ1v) is 8.95. The smallest absolute Gasteiger partial charge is 0.230 e. The SMILES string of the molecule is CNc1nnc(SCC(=O)N[C@@H](C)CCc2ccccc2)s1. The molecule has 1 aromatic heterocycles. The maximum atomic E-state index is 11.9. The van der Waals surface area contributed by atoms with Gasteiger partial charge in [-0.05, 0) is 25.3 Å². The summed E-state index contributed by atoms with van der Waals surface area (Å²) < 4.78 is 0.802. The molecular weight excluding hydrogens is 316 g/mol. The molecule has 1 atom stereocenters. The van der Waals surface area contributed by atoms with Crippen LogP contribution in [0.3, 0.4) is 0 Å². The van der Waals surface area contributed by atoms with Gasteiger partial charge in [0.05, 0.1) is 5.75 Å². The topological polar surface area (TPSA) is 66.9 Å². The molecule has 1 heterocycles. The van der Waals surface area contributed by atoms with Crippen LogP contribution in [0.15, 0.2) is 34.7 Å². The third-order valence-electron chi connectivity index (χ3n) is 3.06. The van der Waals surface area contributed by atoms with Crippen LogP contribution in [-0.2, 0) is 11.2 Å². The summed E-state index contributed by atoms with van der Waals surface area (Å²) in [6.45, 7) is 2.04. The molecule has 1 amide bonds. The van der Waals surface area contributed by atoms with E-state index in [-0.39, 0.29) is 11.9 Å². The van der Waals surface area contributed by atoms with E-state index in [2.05, 4.69) is 33.0 Å². The van der Waals surface area contributed by atoms with Gasteiger partial charge >= 0.3 is 0 Å². The largest absolute Gasteiger partial charge is 0.363 e. The first-order chi connectivity index (χ1) is 10.7. The Morgan fingerprint density at radius 3 is 2.77 bits per heavy atom. The molecule has 5 nitrogen and oxygen atoms in total. The Balaban J connectivity index is 1.67. The number of anilines is 1. The van der Waals surface area contributed by atoms with Gasteiger partial charge < -0.3 is 10.6 Å². The molecule has 2 N–H and O–H groups in total. The molecule has 0 bridgehead atoms. The van der Waals surface area contributed by atoms with E-state index in [4.69, 9.17) is 0 Å². The van der Waals surface area contributed by atoms with Crippen LogP contribution in [0.2, 0.25) is 0 Å². The molecule has 0 saturated carbocycles. The summed E-state index contributed by atoms with van der Waals surface area (Å²) in [5.74, 6) is 0.403. The quantitative estimate of drug-likeness (QED) is 0.726. The molecule has 0 spiro atoms. The summed E-state index contributed by atoms with van der Waals surface area (Å²) in [7, 11) is 1.80. The Morgan fingerprint density at radius 1 is 1.32 bits per heavy atom. The van der Waals surface area contributed by atoms with Crippen molar-refractivity contribution in [3.8, 4) is 0 Å². The van der Waals surface area contributed by atoms with E-state index in [9.17, 15) is 4.79 Å². The average molecular weight is 336 g/mol. The maximum Gasteiger partial charge on any atom is 0.230 e. The molecule has 0 saturated heterocycles. The number of benzene rings is 1. The van der Waals surface area contributed by atoms with E-state index in [1.165, 1.54) is 28.7 Å². The highest BCUT2D eigenvalue weighted by Crippen LogP contribution is 2.24. The lowest BCUT2D eigenvalue weighted by Crippen LogP contribution is -2.34. The summed E-state index contributed by atoms with van der Waals surface area (Å²) in [6.07, 6.45) is 1.90. The molecule has 1 aromatic carbocycles. The van der Waals surface area contributed by atoms with Crippen molar-refractivity contribution in [1.29, 1.82) is 0 Å². The summed E-state index contributed by atoms with van der Waals surface area (Å²) in [6, 6.07) is 10.5. The van der Waals surface area contributed by atoms with Gasteiger partial charge in [-0.25, -0.2) is 0 Å². The number of rotatable bonds is 8. The Morgan fingerprint density at radius 2 is 2.09 bits per heavy atom. The second-order valence-corrected chi connectivity index (χ2v) is 7.10. The van der Waals surface area contributed by atoms with Gasteiger partial charge in [-0.15, -0.1) is 10.2 Å². The molecule has 2 aromatic rings. The maximum absolute atomic E-state index is 11.9. The zero-order chi connectivity index (χ0) is 15.8.